The summed E-state index contributed by atoms with van der Waals surface area (Å²) < 4.78 is 86.0. The second-order valence-electron chi connectivity index (χ2n) is 10.2. The molecule has 3 aromatic heterocycles. The van der Waals surface area contributed by atoms with Crippen molar-refractivity contribution in [3.8, 4) is 33.5 Å². The number of halogens is 6. The highest BCUT2D eigenvalue weighted by Crippen LogP contribution is 2.39. The Morgan fingerprint density at radius 2 is 1.16 bits per heavy atom. The van der Waals surface area contributed by atoms with Gasteiger partial charge in [-0.1, -0.05) is 36.4 Å². The van der Waals surface area contributed by atoms with Crippen LogP contribution in [0.25, 0.3) is 66.4 Å². The summed E-state index contributed by atoms with van der Waals surface area (Å²) in [5, 5.41) is 2.69. The number of pyridine rings is 2. The number of furan rings is 1. The van der Waals surface area contributed by atoms with Crippen molar-refractivity contribution in [2.45, 2.75) is 12.4 Å². The molecule has 0 atom stereocenters. The minimum atomic E-state index is -4.93. The van der Waals surface area contributed by atoms with Gasteiger partial charge in [-0.05, 0) is 71.8 Å². The van der Waals surface area contributed by atoms with Crippen molar-refractivity contribution in [2.75, 3.05) is 0 Å². The van der Waals surface area contributed by atoms with E-state index in [-0.39, 0.29) is 17.2 Å². The first-order valence-electron chi connectivity index (χ1n) is 13.1. The van der Waals surface area contributed by atoms with Crippen LogP contribution < -0.4 is 0 Å². The largest absolute Gasteiger partial charge is 0.456 e. The molecule has 43 heavy (non-hydrogen) atoms. The molecule has 9 heteroatoms. The van der Waals surface area contributed by atoms with Gasteiger partial charge < -0.3 is 4.42 Å². The van der Waals surface area contributed by atoms with E-state index in [9.17, 15) is 26.3 Å². The van der Waals surface area contributed by atoms with Crippen LogP contribution in [0.5, 0.6) is 0 Å². The Labute approximate surface area is 240 Å². The molecule has 4 aromatic carbocycles. The normalized spacial score (nSPS) is 12.4. The van der Waals surface area contributed by atoms with Gasteiger partial charge in [-0.3, -0.25) is 9.97 Å². The Hall–Kier alpha value is -5.18. The van der Waals surface area contributed by atoms with Gasteiger partial charge in [-0.2, -0.15) is 26.3 Å². The first-order valence-corrected chi connectivity index (χ1v) is 13.1. The number of fused-ring (bicyclic) bond motifs is 4. The maximum absolute atomic E-state index is 13.3. The zero-order chi connectivity index (χ0) is 29.9. The molecule has 0 bridgehead atoms. The molecule has 0 N–H and O–H groups in total. The van der Waals surface area contributed by atoms with Crippen molar-refractivity contribution in [1.29, 1.82) is 0 Å². The van der Waals surface area contributed by atoms with Crippen LogP contribution in [0.4, 0.5) is 26.3 Å². The number of aromatic nitrogens is 2. The van der Waals surface area contributed by atoms with Crippen LogP contribution in [0.1, 0.15) is 11.1 Å². The van der Waals surface area contributed by atoms with Crippen molar-refractivity contribution < 1.29 is 30.8 Å². The molecule has 7 rings (SSSR count). The zero-order valence-electron chi connectivity index (χ0n) is 22.0. The molecule has 0 unspecified atom stereocenters. The van der Waals surface area contributed by atoms with E-state index < -0.39 is 23.5 Å². The van der Waals surface area contributed by atoms with Crippen LogP contribution in [0.3, 0.4) is 0 Å². The summed E-state index contributed by atoms with van der Waals surface area (Å²) in [5.74, 6) is 0. The van der Waals surface area contributed by atoms with Crippen molar-refractivity contribution in [1.82, 2.24) is 9.97 Å². The fourth-order valence-corrected chi connectivity index (χ4v) is 5.20. The van der Waals surface area contributed by atoms with Gasteiger partial charge in [0, 0.05) is 45.2 Å². The quantitative estimate of drug-likeness (QED) is 0.194. The predicted molar refractivity (Wildman–Crippen MR) is 153 cm³/mol. The third kappa shape index (κ3) is 4.97. The number of benzene rings is 4. The highest BCUT2D eigenvalue weighted by atomic mass is 19.4. The van der Waals surface area contributed by atoms with Crippen LogP contribution >= 0.6 is 0 Å². The second kappa shape index (κ2) is 9.69. The highest BCUT2D eigenvalue weighted by Gasteiger charge is 2.37. The van der Waals surface area contributed by atoms with Crippen molar-refractivity contribution in [2.24, 2.45) is 0 Å². The van der Waals surface area contributed by atoms with E-state index in [0.717, 1.165) is 44.3 Å². The lowest BCUT2D eigenvalue weighted by Gasteiger charge is -2.14. The molecule has 0 saturated carbocycles. The molecule has 0 spiro atoms. The van der Waals surface area contributed by atoms with Gasteiger partial charge in [0.2, 0.25) is 0 Å². The van der Waals surface area contributed by atoms with Crippen LogP contribution in [0.2, 0.25) is 0 Å². The molecular formula is C34H18F6N2O. The van der Waals surface area contributed by atoms with Gasteiger partial charge in [-0.15, -0.1) is 0 Å². The monoisotopic (exact) mass is 584 g/mol. The van der Waals surface area contributed by atoms with Gasteiger partial charge in [-0.25, -0.2) is 0 Å². The summed E-state index contributed by atoms with van der Waals surface area (Å²) >= 11 is 0. The average Bonchev–Trinajstić information content (AvgIpc) is 3.37. The number of alkyl halides is 6. The van der Waals surface area contributed by atoms with Crippen LogP contribution in [0, 0.1) is 0 Å². The lowest BCUT2D eigenvalue weighted by atomic mass is 9.97. The van der Waals surface area contributed by atoms with E-state index in [1.54, 1.807) is 18.5 Å². The first-order chi connectivity index (χ1) is 20.5. The molecule has 0 radical (unpaired) electrons. The summed E-state index contributed by atoms with van der Waals surface area (Å²) in [6.45, 7) is 0. The molecule has 3 nitrogen and oxygen atoms in total. The van der Waals surface area contributed by atoms with Crippen molar-refractivity contribution >= 4 is 32.8 Å². The Morgan fingerprint density at radius 1 is 0.488 bits per heavy atom. The summed E-state index contributed by atoms with van der Waals surface area (Å²) in [7, 11) is 0. The van der Waals surface area contributed by atoms with Gasteiger partial charge in [0.1, 0.15) is 11.2 Å². The van der Waals surface area contributed by atoms with E-state index in [1.807, 2.05) is 60.7 Å². The number of hydrogen-bond acceptors (Lipinski definition) is 3. The van der Waals surface area contributed by atoms with E-state index in [1.165, 1.54) is 12.1 Å². The predicted octanol–water partition coefficient (Wildman–Crippen LogP) is 10.6. The molecule has 0 aliphatic carbocycles. The minimum Gasteiger partial charge on any atom is -0.456 e. The summed E-state index contributed by atoms with van der Waals surface area (Å²) in [6.07, 6.45) is -6.53. The van der Waals surface area contributed by atoms with Gasteiger partial charge in [0.15, 0.2) is 0 Å². The summed E-state index contributed by atoms with van der Waals surface area (Å²) in [4.78, 5) is 9.09. The number of nitrogens with zero attached hydrogens (tertiary/aromatic N) is 2. The molecule has 0 aliphatic rings. The van der Waals surface area contributed by atoms with Crippen molar-refractivity contribution in [3.05, 3.63) is 121 Å². The number of para-hydroxylation sites is 1. The molecular weight excluding hydrogens is 566 g/mol. The molecule has 0 saturated heterocycles. The lowest BCUT2D eigenvalue weighted by molar-refractivity contribution is -0.143. The lowest BCUT2D eigenvalue weighted by Crippen LogP contribution is -2.11. The van der Waals surface area contributed by atoms with Crippen LogP contribution in [-0.4, -0.2) is 9.97 Å². The van der Waals surface area contributed by atoms with E-state index in [4.69, 9.17) is 4.42 Å². The molecule has 7 aromatic rings. The third-order valence-electron chi connectivity index (χ3n) is 7.37. The third-order valence-corrected chi connectivity index (χ3v) is 7.37. The Bertz CT molecular complexity index is 2130. The second-order valence-corrected chi connectivity index (χ2v) is 10.2. The van der Waals surface area contributed by atoms with E-state index in [0.29, 0.717) is 23.0 Å². The first kappa shape index (κ1) is 26.7. The fraction of sp³-hybridized carbons (Fsp3) is 0.0588. The molecule has 212 valence electrons. The fourth-order valence-electron chi connectivity index (χ4n) is 5.20. The Balaban J connectivity index is 1.20. The Morgan fingerprint density at radius 3 is 1.88 bits per heavy atom. The van der Waals surface area contributed by atoms with Crippen molar-refractivity contribution in [3.63, 3.8) is 0 Å². The average molecular weight is 585 g/mol. The summed E-state index contributed by atoms with van der Waals surface area (Å²) in [5.41, 5.74) is 2.55. The zero-order valence-corrected chi connectivity index (χ0v) is 22.0. The van der Waals surface area contributed by atoms with E-state index >= 15 is 0 Å². The topological polar surface area (TPSA) is 38.9 Å². The van der Waals surface area contributed by atoms with E-state index in [2.05, 4.69) is 9.97 Å². The van der Waals surface area contributed by atoms with Gasteiger partial charge in [0.25, 0.3) is 0 Å². The number of rotatable bonds is 3. The SMILES string of the molecule is FC(F)(F)c1cc(-c2ccc3cc(-c4ccc(-c5ccc6oc7ccccc7c6c5)nc4)cnc3c2)cc(C(F)(F)F)c1. The van der Waals surface area contributed by atoms with Crippen LogP contribution in [0.15, 0.2) is 114 Å². The number of hydrogen-bond donors (Lipinski definition) is 0. The molecule has 0 fully saturated rings. The minimum absolute atomic E-state index is 0.117. The molecule has 3 heterocycles. The smallest absolute Gasteiger partial charge is 0.416 e. The van der Waals surface area contributed by atoms with Crippen LogP contribution in [-0.2, 0) is 12.4 Å². The summed E-state index contributed by atoms with van der Waals surface area (Å²) in [6, 6.07) is 25.5. The highest BCUT2D eigenvalue weighted by molar-refractivity contribution is 6.06. The van der Waals surface area contributed by atoms with Gasteiger partial charge >= 0.3 is 12.4 Å². The maximum Gasteiger partial charge on any atom is 0.416 e. The Kier molecular flexibility index (Phi) is 6.02. The standard InChI is InChI=1S/C34H18F6N2O/c35-33(36,37)25-12-23(13-26(16-25)34(38,39)40)19-5-6-20-11-24(18-42-30(20)15-19)22-7-9-29(41-17-22)21-8-10-32-28(14-21)27-3-1-2-4-31(27)43-32/h1-18H. The molecule has 0 aliphatic heterocycles. The molecule has 0 amide bonds. The maximum atomic E-state index is 13.3. The van der Waals surface area contributed by atoms with Gasteiger partial charge in [0.05, 0.1) is 22.3 Å².